The third-order valence-electron chi connectivity index (χ3n) is 3.10. The number of carboxylic acid groups (broad SMARTS) is 1. The zero-order chi connectivity index (χ0) is 15.0. The standard InChI is InChI=1S/C15H21NO3S/c1-11(20-2)8-14(17)16-10-13(15(18)19)9-12-6-4-3-5-7-12/h3-7,11,13H,8-10H2,1-2H3,(H,16,17)(H,18,19). The maximum atomic E-state index is 11.7. The Morgan fingerprint density at radius 2 is 1.95 bits per heavy atom. The highest BCUT2D eigenvalue weighted by Crippen LogP contribution is 2.11. The predicted octanol–water partition coefficient (Wildman–Crippen LogP) is 2.19. The molecule has 0 aliphatic rings. The van der Waals surface area contributed by atoms with Crippen molar-refractivity contribution < 1.29 is 14.7 Å². The molecule has 110 valence electrons. The average Bonchev–Trinajstić information content (AvgIpc) is 2.44. The summed E-state index contributed by atoms with van der Waals surface area (Å²) < 4.78 is 0. The number of amides is 1. The van der Waals surface area contributed by atoms with E-state index in [4.69, 9.17) is 0 Å². The second-order valence-electron chi connectivity index (χ2n) is 4.78. The molecule has 0 heterocycles. The SMILES string of the molecule is CSC(C)CC(=O)NCC(Cc1ccccc1)C(=O)O. The van der Waals surface area contributed by atoms with E-state index in [0.29, 0.717) is 12.8 Å². The number of thioether (sulfide) groups is 1. The number of hydrogen-bond donors (Lipinski definition) is 2. The molecule has 0 bridgehead atoms. The van der Waals surface area contributed by atoms with Gasteiger partial charge >= 0.3 is 5.97 Å². The number of carboxylic acids is 1. The van der Waals surface area contributed by atoms with Crippen LogP contribution < -0.4 is 5.32 Å². The van der Waals surface area contributed by atoms with Crippen LogP contribution in [0.15, 0.2) is 30.3 Å². The lowest BCUT2D eigenvalue weighted by molar-refractivity contribution is -0.141. The lowest BCUT2D eigenvalue weighted by Crippen LogP contribution is -2.35. The van der Waals surface area contributed by atoms with Crippen molar-refractivity contribution in [2.75, 3.05) is 12.8 Å². The van der Waals surface area contributed by atoms with E-state index in [9.17, 15) is 14.7 Å². The Bertz CT molecular complexity index is 436. The van der Waals surface area contributed by atoms with Crippen molar-refractivity contribution in [3.8, 4) is 0 Å². The van der Waals surface area contributed by atoms with Crippen molar-refractivity contribution in [1.29, 1.82) is 0 Å². The molecule has 0 aromatic heterocycles. The molecule has 0 radical (unpaired) electrons. The van der Waals surface area contributed by atoms with Gasteiger partial charge in [0.2, 0.25) is 5.91 Å². The van der Waals surface area contributed by atoms with Gasteiger partial charge in [-0.2, -0.15) is 11.8 Å². The number of aliphatic carboxylic acids is 1. The molecule has 1 aromatic carbocycles. The van der Waals surface area contributed by atoms with E-state index < -0.39 is 11.9 Å². The van der Waals surface area contributed by atoms with Crippen LogP contribution in [0.4, 0.5) is 0 Å². The smallest absolute Gasteiger partial charge is 0.308 e. The molecule has 0 aliphatic heterocycles. The molecule has 0 saturated carbocycles. The van der Waals surface area contributed by atoms with Crippen molar-refractivity contribution in [2.24, 2.45) is 5.92 Å². The van der Waals surface area contributed by atoms with Gasteiger partial charge in [0.15, 0.2) is 0 Å². The third kappa shape index (κ3) is 6.10. The summed E-state index contributed by atoms with van der Waals surface area (Å²) in [7, 11) is 0. The van der Waals surface area contributed by atoms with E-state index >= 15 is 0 Å². The van der Waals surface area contributed by atoms with Gasteiger partial charge in [-0.25, -0.2) is 0 Å². The van der Waals surface area contributed by atoms with Crippen LogP contribution in [0.5, 0.6) is 0 Å². The van der Waals surface area contributed by atoms with Crippen LogP contribution in [0, 0.1) is 5.92 Å². The van der Waals surface area contributed by atoms with E-state index in [0.717, 1.165) is 5.56 Å². The molecule has 1 aromatic rings. The molecule has 1 amide bonds. The van der Waals surface area contributed by atoms with Gasteiger partial charge < -0.3 is 10.4 Å². The lowest BCUT2D eigenvalue weighted by atomic mass is 9.99. The van der Waals surface area contributed by atoms with E-state index in [2.05, 4.69) is 5.32 Å². The number of carbonyl (C=O) groups excluding carboxylic acids is 1. The van der Waals surface area contributed by atoms with Gasteiger partial charge in [0.25, 0.3) is 0 Å². The molecule has 2 N–H and O–H groups in total. The summed E-state index contributed by atoms with van der Waals surface area (Å²) in [5, 5.41) is 12.2. The first kappa shape index (κ1) is 16.6. The minimum atomic E-state index is -0.882. The predicted molar refractivity (Wildman–Crippen MR) is 81.9 cm³/mol. The Morgan fingerprint density at radius 1 is 1.30 bits per heavy atom. The van der Waals surface area contributed by atoms with Gasteiger partial charge in [-0.05, 0) is 18.2 Å². The molecule has 5 heteroatoms. The molecule has 20 heavy (non-hydrogen) atoms. The molecular weight excluding hydrogens is 274 g/mol. The Hall–Kier alpha value is -1.49. The van der Waals surface area contributed by atoms with Crippen molar-refractivity contribution in [3.63, 3.8) is 0 Å². The fourth-order valence-electron chi connectivity index (χ4n) is 1.80. The van der Waals surface area contributed by atoms with Gasteiger partial charge in [-0.1, -0.05) is 37.3 Å². The van der Waals surface area contributed by atoms with E-state index in [1.54, 1.807) is 11.8 Å². The molecule has 0 fully saturated rings. The van der Waals surface area contributed by atoms with Crippen LogP contribution in [-0.4, -0.2) is 35.0 Å². The molecule has 2 unspecified atom stereocenters. The fraction of sp³-hybridized carbons (Fsp3) is 0.467. The maximum absolute atomic E-state index is 11.7. The van der Waals surface area contributed by atoms with Crippen molar-refractivity contribution in [2.45, 2.75) is 25.0 Å². The van der Waals surface area contributed by atoms with Gasteiger partial charge in [0.1, 0.15) is 0 Å². The van der Waals surface area contributed by atoms with Crippen LogP contribution in [0.2, 0.25) is 0 Å². The van der Waals surface area contributed by atoms with Gasteiger partial charge in [-0.15, -0.1) is 0 Å². The van der Waals surface area contributed by atoms with Gasteiger partial charge in [-0.3, -0.25) is 9.59 Å². The van der Waals surface area contributed by atoms with Gasteiger partial charge in [0.05, 0.1) is 5.92 Å². The summed E-state index contributed by atoms with van der Waals surface area (Å²) in [6.45, 7) is 2.15. The first-order chi connectivity index (χ1) is 9.52. The quantitative estimate of drug-likeness (QED) is 0.771. The molecule has 4 nitrogen and oxygen atoms in total. The highest BCUT2D eigenvalue weighted by Gasteiger charge is 2.19. The molecule has 0 aliphatic carbocycles. The van der Waals surface area contributed by atoms with Crippen LogP contribution in [0.25, 0.3) is 0 Å². The van der Waals surface area contributed by atoms with Crippen molar-refractivity contribution in [1.82, 2.24) is 5.32 Å². The first-order valence-electron chi connectivity index (χ1n) is 6.59. The average molecular weight is 295 g/mol. The monoisotopic (exact) mass is 295 g/mol. The Morgan fingerprint density at radius 3 is 2.50 bits per heavy atom. The number of carbonyl (C=O) groups is 2. The lowest BCUT2D eigenvalue weighted by Gasteiger charge is -2.14. The van der Waals surface area contributed by atoms with Crippen LogP contribution in [-0.2, 0) is 16.0 Å². The van der Waals surface area contributed by atoms with Crippen LogP contribution in [0.3, 0.4) is 0 Å². The second kappa shape index (κ2) is 8.64. The second-order valence-corrected chi connectivity index (χ2v) is 6.06. The molecule has 0 saturated heterocycles. The Kier molecular flexibility index (Phi) is 7.15. The minimum absolute atomic E-state index is 0.0915. The topological polar surface area (TPSA) is 66.4 Å². The summed E-state index contributed by atoms with van der Waals surface area (Å²) in [6, 6.07) is 9.45. The van der Waals surface area contributed by atoms with Crippen molar-refractivity contribution >= 4 is 23.6 Å². The van der Waals surface area contributed by atoms with Crippen molar-refractivity contribution in [3.05, 3.63) is 35.9 Å². The van der Waals surface area contributed by atoms with E-state index in [1.807, 2.05) is 43.5 Å². The summed E-state index contributed by atoms with van der Waals surface area (Å²) in [6.07, 6.45) is 2.79. The summed E-state index contributed by atoms with van der Waals surface area (Å²) in [5.41, 5.74) is 0.964. The molecule has 0 spiro atoms. The normalized spacial score (nSPS) is 13.5. The third-order valence-corrected chi connectivity index (χ3v) is 4.07. The maximum Gasteiger partial charge on any atom is 0.308 e. The zero-order valence-corrected chi connectivity index (χ0v) is 12.7. The Balaban J connectivity index is 2.48. The van der Waals surface area contributed by atoms with Crippen LogP contribution >= 0.6 is 11.8 Å². The molecular formula is C15H21NO3S. The number of nitrogens with one attached hydrogen (secondary N) is 1. The molecule has 1 rings (SSSR count). The minimum Gasteiger partial charge on any atom is -0.481 e. The largest absolute Gasteiger partial charge is 0.481 e. The van der Waals surface area contributed by atoms with Crippen LogP contribution in [0.1, 0.15) is 18.9 Å². The summed E-state index contributed by atoms with van der Waals surface area (Å²) >= 11 is 1.62. The zero-order valence-electron chi connectivity index (χ0n) is 11.8. The highest BCUT2D eigenvalue weighted by molar-refractivity contribution is 7.99. The number of rotatable bonds is 8. The number of hydrogen-bond acceptors (Lipinski definition) is 3. The fourth-order valence-corrected chi connectivity index (χ4v) is 2.12. The van der Waals surface area contributed by atoms with E-state index in [-0.39, 0.29) is 17.7 Å². The van der Waals surface area contributed by atoms with E-state index in [1.165, 1.54) is 0 Å². The summed E-state index contributed by atoms with van der Waals surface area (Å²) in [5.74, 6) is -1.57. The first-order valence-corrected chi connectivity index (χ1v) is 7.88. The molecule has 2 atom stereocenters. The highest BCUT2D eigenvalue weighted by atomic mass is 32.2. The van der Waals surface area contributed by atoms with Gasteiger partial charge in [0, 0.05) is 18.2 Å². The Labute approximate surface area is 124 Å². The number of benzene rings is 1. The summed E-state index contributed by atoms with van der Waals surface area (Å²) in [4.78, 5) is 22.9.